The van der Waals surface area contributed by atoms with Crippen molar-refractivity contribution >= 4 is 17.5 Å². The van der Waals surface area contributed by atoms with Gasteiger partial charge in [0.2, 0.25) is 11.8 Å². The second-order valence-corrected chi connectivity index (χ2v) is 6.12. The van der Waals surface area contributed by atoms with Crippen LogP contribution in [0.4, 0.5) is 5.69 Å². The van der Waals surface area contributed by atoms with Gasteiger partial charge in [-0.25, -0.2) is 0 Å². The summed E-state index contributed by atoms with van der Waals surface area (Å²) < 4.78 is 0. The Morgan fingerprint density at radius 3 is 2.59 bits per heavy atom. The van der Waals surface area contributed by atoms with Gasteiger partial charge in [-0.3, -0.25) is 9.59 Å². The van der Waals surface area contributed by atoms with Gasteiger partial charge in [-0.05, 0) is 37.1 Å². The Kier molecular flexibility index (Phi) is 5.95. The molecule has 1 unspecified atom stereocenters. The van der Waals surface area contributed by atoms with Crippen molar-refractivity contribution in [3.8, 4) is 0 Å². The third-order valence-corrected chi connectivity index (χ3v) is 3.83. The van der Waals surface area contributed by atoms with Crippen LogP contribution in [0.1, 0.15) is 38.7 Å². The molecule has 1 atom stereocenters. The molecule has 22 heavy (non-hydrogen) atoms. The van der Waals surface area contributed by atoms with Gasteiger partial charge < -0.3 is 16.0 Å². The van der Waals surface area contributed by atoms with Crippen LogP contribution in [0.3, 0.4) is 0 Å². The van der Waals surface area contributed by atoms with Gasteiger partial charge in [-0.15, -0.1) is 0 Å². The second kappa shape index (κ2) is 7.94. The van der Waals surface area contributed by atoms with E-state index in [9.17, 15) is 9.59 Å². The van der Waals surface area contributed by atoms with Crippen LogP contribution in [0, 0.1) is 5.92 Å². The Morgan fingerprint density at radius 1 is 1.27 bits per heavy atom. The zero-order chi connectivity index (χ0) is 15.9. The van der Waals surface area contributed by atoms with Gasteiger partial charge in [0.25, 0.3) is 0 Å². The van der Waals surface area contributed by atoms with Crippen molar-refractivity contribution in [1.82, 2.24) is 10.6 Å². The van der Waals surface area contributed by atoms with E-state index in [-0.39, 0.29) is 17.7 Å². The molecule has 5 heteroatoms. The normalized spacial score (nSPS) is 17.5. The molecular formula is C17H25N3O2. The Labute approximate surface area is 131 Å². The van der Waals surface area contributed by atoms with Crippen LogP contribution in [0.2, 0.25) is 0 Å². The molecule has 0 radical (unpaired) electrons. The van der Waals surface area contributed by atoms with E-state index in [1.807, 2.05) is 38.1 Å². The maximum absolute atomic E-state index is 11.9. The van der Waals surface area contributed by atoms with E-state index in [0.717, 1.165) is 30.6 Å². The lowest BCUT2D eigenvalue weighted by atomic mass is 10.1. The Bertz CT molecular complexity index is 505. The van der Waals surface area contributed by atoms with Gasteiger partial charge in [0.05, 0.1) is 0 Å². The lowest BCUT2D eigenvalue weighted by Gasteiger charge is -2.11. The lowest BCUT2D eigenvalue weighted by Crippen LogP contribution is -2.31. The van der Waals surface area contributed by atoms with E-state index >= 15 is 0 Å². The van der Waals surface area contributed by atoms with Crippen molar-refractivity contribution in [1.29, 1.82) is 0 Å². The van der Waals surface area contributed by atoms with Crippen LogP contribution in [-0.4, -0.2) is 24.4 Å². The highest BCUT2D eigenvalue weighted by Crippen LogP contribution is 2.12. The summed E-state index contributed by atoms with van der Waals surface area (Å²) in [5, 5.41) is 9.10. The average molecular weight is 303 g/mol. The van der Waals surface area contributed by atoms with Gasteiger partial charge in [-0.1, -0.05) is 26.0 Å². The van der Waals surface area contributed by atoms with E-state index in [4.69, 9.17) is 0 Å². The van der Waals surface area contributed by atoms with E-state index in [1.165, 1.54) is 0 Å². The Morgan fingerprint density at radius 2 is 2.00 bits per heavy atom. The smallest absolute Gasteiger partial charge is 0.226 e. The summed E-state index contributed by atoms with van der Waals surface area (Å²) in [5.74, 6) is 0.0462. The fourth-order valence-electron chi connectivity index (χ4n) is 2.42. The third kappa shape index (κ3) is 5.15. The quantitative estimate of drug-likeness (QED) is 0.753. The first-order chi connectivity index (χ1) is 10.5. The summed E-state index contributed by atoms with van der Waals surface area (Å²) in [5.41, 5.74) is 1.80. The highest BCUT2D eigenvalue weighted by Gasteiger charge is 2.17. The molecule has 1 aliphatic rings. The molecule has 2 rings (SSSR count). The first kappa shape index (κ1) is 16.5. The topological polar surface area (TPSA) is 70.2 Å². The van der Waals surface area contributed by atoms with E-state index in [2.05, 4.69) is 16.0 Å². The van der Waals surface area contributed by atoms with Gasteiger partial charge in [0.1, 0.15) is 0 Å². The van der Waals surface area contributed by atoms with Gasteiger partial charge in [0, 0.05) is 30.6 Å². The third-order valence-electron chi connectivity index (χ3n) is 3.83. The van der Waals surface area contributed by atoms with E-state index in [1.54, 1.807) is 0 Å². The van der Waals surface area contributed by atoms with Crippen molar-refractivity contribution in [2.24, 2.45) is 5.92 Å². The largest absolute Gasteiger partial charge is 0.352 e. The predicted octanol–water partition coefficient (Wildman–Crippen LogP) is 2.04. The van der Waals surface area contributed by atoms with Gasteiger partial charge in [-0.2, -0.15) is 0 Å². The van der Waals surface area contributed by atoms with Crippen LogP contribution in [-0.2, 0) is 16.1 Å². The van der Waals surface area contributed by atoms with Crippen LogP contribution < -0.4 is 16.0 Å². The molecule has 3 N–H and O–H groups in total. The molecule has 0 aliphatic carbocycles. The molecule has 1 aromatic carbocycles. The molecule has 0 aromatic heterocycles. The number of benzene rings is 1. The van der Waals surface area contributed by atoms with E-state index in [0.29, 0.717) is 19.0 Å². The molecule has 0 spiro atoms. The van der Waals surface area contributed by atoms with Crippen molar-refractivity contribution in [2.45, 2.75) is 45.7 Å². The summed E-state index contributed by atoms with van der Waals surface area (Å²) in [4.78, 5) is 23.5. The number of nitrogens with one attached hydrogen (secondary N) is 3. The highest BCUT2D eigenvalue weighted by molar-refractivity contribution is 5.92. The molecule has 1 saturated heterocycles. The summed E-state index contributed by atoms with van der Waals surface area (Å²) in [7, 11) is 0. The molecule has 1 heterocycles. The van der Waals surface area contributed by atoms with Crippen molar-refractivity contribution in [3.63, 3.8) is 0 Å². The standard InChI is InChI=1S/C17H25N3O2/c1-12(2)17(22)20-14-7-5-13(6-8-14)11-19-16(21)10-15-4-3-9-18-15/h5-8,12,15,18H,3-4,9-11H2,1-2H3,(H,19,21)(H,20,22). The average Bonchev–Trinajstić information content (AvgIpc) is 2.99. The molecule has 120 valence electrons. The van der Waals surface area contributed by atoms with Gasteiger partial charge >= 0.3 is 0 Å². The highest BCUT2D eigenvalue weighted by atomic mass is 16.2. The maximum atomic E-state index is 11.9. The lowest BCUT2D eigenvalue weighted by molar-refractivity contribution is -0.121. The number of carbonyl (C=O) groups is 2. The minimum atomic E-state index is -0.0387. The SMILES string of the molecule is CC(C)C(=O)Nc1ccc(CNC(=O)CC2CCCN2)cc1. The zero-order valence-corrected chi connectivity index (χ0v) is 13.3. The molecule has 2 amide bonds. The minimum Gasteiger partial charge on any atom is -0.352 e. The molecule has 5 nitrogen and oxygen atoms in total. The van der Waals surface area contributed by atoms with Gasteiger partial charge in [0.15, 0.2) is 0 Å². The number of rotatable bonds is 6. The molecule has 1 aliphatic heterocycles. The fraction of sp³-hybridized carbons (Fsp3) is 0.529. The molecule has 1 fully saturated rings. The number of hydrogen-bond donors (Lipinski definition) is 3. The zero-order valence-electron chi connectivity index (χ0n) is 13.3. The van der Waals surface area contributed by atoms with Crippen LogP contribution in [0.25, 0.3) is 0 Å². The predicted molar refractivity (Wildman–Crippen MR) is 87.4 cm³/mol. The summed E-state index contributed by atoms with van der Waals surface area (Å²) in [6, 6.07) is 7.89. The molecule has 0 saturated carbocycles. The first-order valence-corrected chi connectivity index (χ1v) is 7.94. The minimum absolute atomic E-state index is 0.00474. The van der Waals surface area contributed by atoms with Crippen LogP contribution >= 0.6 is 0 Å². The summed E-state index contributed by atoms with van der Waals surface area (Å²) >= 11 is 0. The first-order valence-electron chi connectivity index (χ1n) is 7.94. The van der Waals surface area contributed by atoms with Crippen molar-refractivity contribution in [2.75, 3.05) is 11.9 Å². The number of amides is 2. The maximum Gasteiger partial charge on any atom is 0.226 e. The molecule has 0 bridgehead atoms. The van der Waals surface area contributed by atoms with Crippen LogP contribution in [0.5, 0.6) is 0 Å². The summed E-state index contributed by atoms with van der Waals surface area (Å²) in [6.07, 6.45) is 2.78. The monoisotopic (exact) mass is 303 g/mol. The van der Waals surface area contributed by atoms with Crippen molar-refractivity contribution < 1.29 is 9.59 Å². The molecular weight excluding hydrogens is 278 g/mol. The number of carbonyl (C=O) groups excluding carboxylic acids is 2. The number of anilines is 1. The van der Waals surface area contributed by atoms with E-state index < -0.39 is 0 Å². The Balaban J connectivity index is 1.76. The molecule has 1 aromatic rings. The fourth-order valence-corrected chi connectivity index (χ4v) is 2.42. The number of hydrogen-bond acceptors (Lipinski definition) is 3. The Hall–Kier alpha value is -1.88. The second-order valence-electron chi connectivity index (χ2n) is 6.12. The van der Waals surface area contributed by atoms with Crippen molar-refractivity contribution in [3.05, 3.63) is 29.8 Å². The summed E-state index contributed by atoms with van der Waals surface area (Å²) in [6.45, 7) is 5.25. The van der Waals surface area contributed by atoms with Crippen LogP contribution in [0.15, 0.2) is 24.3 Å².